The van der Waals surface area contributed by atoms with Crippen LogP contribution in [0.2, 0.25) is 0 Å². The summed E-state index contributed by atoms with van der Waals surface area (Å²) >= 11 is 0. The first-order valence-corrected chi connectivity index (χ1v) is 8.15. The number of para-hydroxylation sites is 1. The van der Waals surface area contributed by atoms with Crippen molar-refractivity contribution < 1.29 is 9.84 Å². The number of benzene rings is 2. The van der Waals surface area contributed by atoms with E-state index in [1.165, 1.54) is 5.56 Å². The Kier molecular flexibility index (Phi) is 9.76. The van der Waals surface area contributed by atoms with Crippen LogP contribution in [0, 0.1) is 0 Å². The molecule has 0 aromatic heterocycles. The SMILES string of the molecule is CCNC(=NCc1ccccc1)NCCc1cccc(OC)c1O.I. The number of phenolic OH excluding ortho intramolecular Hbond substituents is 1. The van der Waals surface area contributed by atoms with Gasteiger partial charge >= 0.3 is 0 Å². The largest absolute Gasteiger partial charge is 0.504 e. The minimum Gasteiger partial charge on any atom is -0.504 e. The van der Waals surface area contributed by atoms with Crippen molar-refractivity contribution in [1.82, 2.24) is 10.6 Å². The van der Waals surface area contributed by atoms with Crippen LogP contribution in [-0.4, -0.2) is 31.3 Å². The Labute approximate surface area is 166 Å². The van der Waals surface area contributed by atoms with Gasteiger partial charge in [0.25, 0.3) is 0 Å². The molecule has 0 aliphatic carbocycles. The van der Waals surface area contributed by atoms with E-state index in [0.29, 0.717) is 25.3 Å². The molecule has 0 amide bonds. The zero-order chi connectivity index (χ0) is 17.2. The van der Waals surface area contributed by atoms with E-state index >= 15 is 0 Å². The highest BCUT2D eigenvalue weighted by atomic mass is 127. The molecule has 0 heterocycles. The molecule has 0 aliphatic heterocycles. The van der Waals surface area contributed by atoms with Crippen LogP contribution >= 0.6 is 24.0 Å². The van der Waals surface area contributed by atoms with Gasteiger partial charge in [-0.2, -0.15) is 0 Å². The molecule has 6 heteroatoms. The van der Waals surface area contributed by atoms with Gasteiger partial charge in [0.15, 0.2) is 17.5 Å². The standard InChI is InChI=1S/C19H25N3O2.HI/c1-3-20-19(22-14-15-8-5-4-6-9-15)21-13-12-16-10-7-11-17(24-2)18(16)23;/h4-11,23H,3,12-14H2,1-2H3,(H2,20,21,22);1H. The number of methoxy groups -OCH3 is 1. The number of halogens is 1. The first-order chi connectivity index (χ1) is 11.7. The summed E-state index contributed by atoms with van der Waals surface area (Å²) in [5, 5.41) is 16.6. The predicted molar refractivity (Wildman–Crippen MR) is 113 cm³/mol. The van der Waals surface area contributed by atoms with Crippen molar-refractivity contribution in [3.8, 4) is 11.5 Å². The summed E-state index contributed by atoms with van der Waals surface area (Å²) < 4.78 is 5.13. The van der Waals surface area contributed by atoms with Crippen molar-refractivity contribution in [2.75, 3.05) is 20.2 Å². The lowest BCUT2D eigenvalue weighted by atomic mass is 10.1. The Morgan fingerprint density at radius 1 is 1.08 bits per heavy atom. The van der Waals surface area contributed by atoms with Gasteiger partial charge in [0.05, 0.1) is 13.7 Å². The van der Waals surface area contributed by atoms with Gasteiger partial charge in [-0.05, 0) is 30.5 Å². The fourth-order valence-electron chi connectivity index (χ4n) is 2.35. The van der Waals surface area contributed by atoms with E-state index in [0.717, 1.165) is 18.1 Å². The molecule has 0 fully saturated rings. The lowest BCUT2D eigenvalue weighted by molar-refractivity contribution is 0.370. The number of guanidine groups is 1. The summed E-state index contributed by atoms with van der Waals surface area (Å²) in [6.07, 6.45) is 0.679. The lowest BCUT2D eigenvalue weighted by Gasteiger charge is -2.12. The molecule has 0 saturated carbocycles. The molecular weight excluding hydrogens is 429 g/mol. The summed E-state index contributed by atoms with van der Waals surface area (Å²) in [6.45, 7) is 4.13. The molecule has 0 spiro atoms. The van der Waals surface area contributed by atoms with Gasteiger partial charge in [-0.25, -0.2) is 4.99 Å². The van der Waals surface area contributed by atoms with Gasteiger partial charge in [-0.1, -0.05) is 42.5 Å². The second-order valence-electron chi connectivity index (χ2n) is 5.33. The van der Waals surface area contributed by atoms with Crippen LogP contribution in [0.15, 0.2) is 53.5 Å². The molecule has 5 nitrogen and oxygen atoms in total. The van der Waals surface area contributed by atoms with Crippen molar-refractivity contribution in [3.05, 3.63) is 59.7 Å². The highest BCUT2D eigenvalue weighted by molar-refractivity contribution is 14.0. The fraction of sp³-hybridized carbons (Fsp3) is 0.316. The first kappa shape index (κ1) is 21.1. The van der Waals surface area contributed by atoms with E-state index in [-0.39, 0.29) is 29.7 Å². The number of hydrogen-bond donors (Lipinski definition) is 3. The van der Waals surface area contributed by atoms with E-state index in [2.05, 4.69) is 27.8 Å². The Hall–Kier alpha value is -1.96. The number of ether oxygens (including phenoxy) is 1. The third-order valence-corrected chi connectivity index (χ3v) is 3.60. The van der Waals surface area contributed by atoms with Crippen LogP contribution in [0.25, 0.3) is 0 Å². The molecule has 2 rings (SSSR count). The number of nitrogens with one attached hydrogen (secondary N) is 2. The molecule has 0 unspecified atom stereocenters. The molecule has 2 aromatic carbocycles. The number of nitrogens with zero attached hydrogens (tertiary/aromatic N) is 1. The van der Waals surface area contributed by atoms with Crippen LogP contribution in [0.4, 0.5) is 0 Å². The van der Waals surface area contributed by atoms with E-state index in [9.17, 15) is 5.11 Å². The van der Waals surface area contributed by atoms with E-state index in [4.69, 9.17) is 4.74 Å². The van der Waals surface area contributed by atoms with Gasteiger partial charge in [0.2, 0.25) is 0 Å². The number of aliphatic imine (C=N–C) groups is 1. The van der Waals surface area contributed by atoms with Crippen molar-refractivity contribution in [1.29, 1.82) is 0 Å². The third kappa shape index (κ3) is 6.81. The molecular formula is C19H26IN3O2. The Morgan fingerprint density at radius 2 is 1.84 bits per heavy atom. The Morgan fingerprint density at radius 3 is 2.52 bits per heavy atom. The van der Waals surface area contributed by atoms with E-state index in [1.54, 1.807) is 13.2 Å². The van der Waals surface area contributed by atoms with Gasteiger partial charge in [0.1, 0.15) is 0 Å². The highest BCUT2D eigenvalue weighted by Crippen LogP contribution is 2.29. The number of hydrogen-bond acceptors (Lipinski definition) is 3. The molecule has 0 atom stereocenters. The molecule has 3 N–H and O–H groups in total. The predicted octanol–water partition coefficient (Wildman–Crippen LogP) is 3.32. The van der Waals surface area contributed by atoms with Crippen LogP contribution in [0.5, 0.6) is 11.5 Å². The third-order valence-electron chi connectivity index (χ3n) is 3.60. The summed E-state index contributed by atoms with van der Waals surface area (Å²) in [5.74, 6) is 1.47. The van der Waals surface area contributed by atoms with Crippen LogP contribution in [-0.2, 0) is 13.0 Å². The lowest BCUT2D eigenvalue weighted by Crippen LogP contribution is -2.38. The van der Waals surface area contributed by atoms with Crippen molar-refractivity contribution >= 4 is 29.9 Å². The Balaban J connectivity index is 0.00000312. The molecule has 0 radical (unpaired) electrons. The van der Waals surface area contributed by atoms with Crippen molar-refractivity contribution in [3.63, 3.8) is 0 Å². The maximum absolute atomic E-state index is 10.1. The van der Waals surface area contributed by atoms with Gasteiger partial charge in [0, 0.05) is 13.1 Å². The molecule has 25 heavy (non-hydrogen) atoms. The summed E-state index contributed by atoms with van der Waals surface area (Å²) in [7, 11) is 1.55. The summed E-state index contributed by atoms with van der Waals surface area (Å²) in [5.41, 5.74) is 2.01. The number of aromatic hydroxyl groups is 1. The maximum atomic E-state index is 10.1. The fourth-order valence-corrected chi connectivity index (χ4v) is 2.35. The zero-order valence-electron chi connectivity index (χ0n) is 14.7. The van der Waals surface area contributed by atoms with Crippen molar-refractivity contribution in [2.45, 2.75) is 19.9 Å². The smallest absolute Gasteiger partial charge is 0.191 e. The first-order valence-electron chi connectivity index (χ1n) is 8.15. The highest BCUT2D eigenvalue weighted by Gasteiger charge is 2.07. The maximum Gasteiger partial charge on any atom is 0.191 e. The second kappa shape index (κ2) is 11.6. The molecule has 0 bridgehead atoms. The van der Waals surface area contributed by atoms with Crippen molar-refractivity contribution in [2.24, 2.45) is 4.99 Å². The zero-order valence-corrected chi connectivity index (χ0v) is 17.0. The molecule has 2 aromatic rings. The van der Waals surface area contributed by atoms with Gasteiger partial charge in [-0.3, -0.25) is 0 Å². The number of rotatable bonds is 7. The van der Waals surface area contributed by atoms with Gasteiger partial charge < -0.3 is 20.5 Å². The molecule has 0 saturated heterocycles. The van der Waals surface area contributed by atoms with Gasteiger partial charge in [-0.15, -0.1) is 24.0 Å². The monoisotopic (exact) mass is 455 g/mol. The number of phenols is 1. The van der Waals surface area contributed by atoms with E-state index < -0.39 is 0 Å². The van der Waals surface area contributed by atoms with Crippen LogP contribution < -0.4 is 15.4 Å². The quantitative estimate of drug-likeness (QED) is 0.341. The van der Waals surface area contributed by atoms with Crippen LogP contribution in [0.1, 0.15) is 18.1 Å². The summed E-state index contributed by atoms with van der Waals surface area (Å²) in [6, 6.07) is 15.7. The topological polar surface area (TPSA) is 65.9 Å². The Bertz CT molecular complexity index is 663. The minimum atomic E-state index is 0. The normalized spacial score (nSPS) is 10.7. The minimum absolute atomic E-state index is 0. The van der Waals surface area contributed by atoms with E-state index in [1.807, 2.05) is 37.3 Å². The summed E-state index contributed by atoms with van der Waals surface area (Å²) in [4.78, 5) is 4.58. The average molecular weight is 455 g/mol. The molecule has 0 aliphatic rings. The average Bonchev–Trinajstić information content (AvgIpc) is 2.62. The van der Waals surface area contributed by atoms with Crippen LogP contribution in [0.3, 0.4) is 0 Å². The molecule has 136 valence electrons. The second-order valence-corrected chi connectivity index (χ2v) is 5.33.